The number of hydrogen-bond donors (Lipinski definition) is 1. The lowest BCUT2D eigenvalue weighted by Crippen LogP contribution is -2.12. The van der Waals surface area contributed by atoms with Crippen molar-refractivity contribution in [2.45, 2.75) is 27.3 Å². The summed E-state index contributed by atoms with van der Waals surface area (Å²) in [5, 5.41) is 7.10. The molecule has 0 saturated carbocycles. The number of carbonyl (C=O) groups is 1. The second kappa shape index (κ2) is 6.23. The van der Waals surface area contributed by atoms with E-state index >= 15 is 0 Å². The number of amides is 1. The Morgan fingerprint density at radius 1 is 1.40 bits per heavy atom. The molecular weight excluding hydrogens is 254 g/mol. The summed E-state index contributed by atoms with van der Waals surface area (Å²) in [5.41, 5.74) is 2.31. The van der Waals surface area contributed by atoms with Crippen molar-refractivity contribution in [2.75, 3.05) is 11.9 Å². The van der Waals surface area contributed by atoms with Gasteiger partial charge in [-0.15, -0.1) is 5.10 Å². The van der Waals surface area contributed by atoms with E-state index in [0.717, 1.165) is 11.3 Å². The molecule has 0 fully saturated rings. The van der Waals surface area contributed by atoms with Gasteiger partial charge in [0.25, 0.3) is 5.91 Å². The average Bonchev–Trinajstić information content (AvgIpc) is 2.82. The molecule has 2 aromatic rings. The van der Waals surface area contributed by atoms with Crippen LogP contribution in [-0.2, 0) is 6.54 Å². The third-order valence-corrected chi connectivity index (χ3v) is 2.85. The quantitative estimate of drug-likeness (QED) is 0.911. The average molecular weight is 273 g/mol. The van der Waals surface area contributed by atoms with Crippen LogP contribution >= 0.6 is 0 Å². The van der Waals surface area contributed by atoms with Gasteiger partial charge in [0.1, 0.15) is 5.56 Å². The molecule has 5 heteroatoms. The van der Waals surface area contributed by atoms with Crippen molar-refractivity contribution >= 4 is 11.6 Å². The summed E-state index contributed by atoms with van der Waals surface area (Å²) in [6, 6.07) is 7.66. The van der Waals surface area contributed by atoms with E-state index in [1.165, 1.54) is 0 Å². The summed E-state index contributed by atoms with van der Waals surface area (Å²) >= 11 is 0. The van der Waals surface area contributed by atoms with Crippen LogP contribution < -0.4 is 10.1 Å². The highest BCUT2D eigenvalue weighted by Gasteiger charge is 2.17. The Morgan fingerprint density at radius 3 is 2.85 bits per heavy atom. The Bertz CT molecular complexity index is 605. The van der Waals surface area contributed by atoms with E-state index in [1.54, 1.807) is 10.9 Å². The van der Waals surface area contributed by atoms with Gasteiger partial charge < -0.3 is 10.1 Å². The van der Waals surface area contributed by atoms with Crippen molar-refractivity contribution in [3.63, 3.8) is 0 Å². The molecule has 0 aliphatic heterocycles. The Kier molecular flexibility index (Phi) is 4.40. The molecular formula is C15H19N3O2. The van der Waals surface area contributed by atoms with Crippen molar-refractivity contribution in [1.82, 2.24) is 9.78 Å². The Labute approximate surface area is 118 Å². The number of nitrogens with one attached hydrogen (secondary N) is 1. The maximum absolute atomic E-state index is 12.3. The minimum Gasteiger partial charge on any atom is -0.476 e. The van der Waals surface area contributed by atoms with Crippen molar-refractivity contribution in [3.8, 4) is 5.88 Å². The minimum atomic E-state index is -0.209. The highest BCUT2D eigenvalue weighted by molar-refractivity contribution is 6.05. The molecule has 1 N–H and O–H groups in total. The SMILES string of the molecule is CCOc1nn(CC)cc1C(=O)Nc1cccc(C)c1. The van der Waals surface area contributed by atoms with Gasteiger partial charge in [-0.25, -0.2) is 0 Å². The number of carbonyl (C=O) groups excluding carboxylic acids is 1. The van der Waals surface area contributed by atoms with Crippen LogP contribution in [0.4, 0.5) is 5.69 Å². The van der Waals surface area contributed by atoms with Crippen LogP contribution in [0.3, 0.4) is 0 Å². The molecule has 0 aliphatic rings. The summed E-state index contributed by atoms with van der Waals surface area (Å²) in [6.45, 7) is 6.98. The highest BCUT2D eigenvalue weighted by Crippen LogP contribution is 2.18. The van der Waals surface area contributed by atoms with Crippen molar-refractivity contribution in [1.29, 1.82) is 0 Å². The molecule has 0 radical (unpaired) electrons. The van der Waals surface area contributed by atoms with Gasteiger partial charge in [0.05, 0.1) is 6.61 Å². The molecule has 20 heavy (non-hydrogen) atoms. The first-order valence-corrected chi connectivity index (χ1v) is 6.72. The second-order valence-corrected chi connectivity index (χ2v) is 4.46. The largest absolute Gasteiger partial charge is 0.476 e. The number of anilines is 1. The maximum Gasteiger partial charge on any atom is 0.262 e. The Morgan fingerprint density at radius 2 is 2.20 bits per heavy atom. The summed E-state index contributed by atoms with van der Waals surface area (Å²) in [4.78, 5) is 12.3. The fourth-order valence-electron chi connectivity index (χ4n) is 1.89. The number of aryl methyl sites for hydroxylation is 2. The van der Waals surface area contributed by atoms with Gasteiger partial charge in [-0.2, -0.15) is 0 Å². The monoisotopic (exact) mass is 273 g/mol. The molecule has 5 nitrogen and oxygen atoms in total. The van der Waals surface area contributed by atoms with E-state index < -0.39 is 0 Å². The number of aromatic nitrogens is 2. The van der Waals surface area contributed by atoms with Crippen LogP contribution in [0.2, 0.25) is 0 Å². The predicted octanol–water partition coefficient (Wildman–Crippen LogP) is 2.86. The number of ether oxygens (including phenoxy) is 1. The number of benzene rings is 1. The molecule has 1 aromatic carbocycles. The molecule has 2 rings (SSSR count). The molecule has 1 heterocycles. The Hall–Kier alpha value is -2.30. The second-order valence-electron chi connectivity index (χ2n) is 4.46. The lowest BCUT2D eigenvalue weighted by Gasteiger charge is -2.06. The first-order chi connectivity index (χ1) is 9.63. The first kappa shape index (κ1) is 14.1. The fraction of sp³-hybridized carbons (Fsp3) is 0.333. The summed E-state index contributed by atoms with van der Waals surface area (Å²) in [6.07, 6.45) is 1.70. The molecule has 106 valence electrons. The third-order valence-electron chi connectivity index (χ3n) is 2.85. The summed E-state index contributed by atoms with van der Waals surface area (Å²) < 4.78 is 7.10. The standard InChI is InChI=1S/C15H19N3O2/c1-4-18-10-13(15(17-18)20-5-2)14(19)16-12-8-6-7-11(3)9-12/h6-10H,4-5H2,1-3H3,(H,16,19). The smallest absolute Gasteiger partial charge is 0.262 e. The predicted molar refractivity (Wildman–Crippen MR) is 78.2 cm³/mol. The normalized spacial score (nSPS) is 10.3. The van der Waals surface area contributed by atoms with Crippen LogP contribution in [0.15, 0.2) is 30.5 Å². The van der Waals surface area contributed by atoms with Crippen LogP contribution in [0.1, 0.15) is 29.8 Å². The van der Waals surface area contributed by atoms with E-state index in [0.29, 0.717) is 24.6 Å². The van der Waals surface area contributed by atoms with Crippen LogP contribution in [0.5, 0.6) is 5.88 Å². The molecule has 0 saturated heterocycles. The molecule has 1 aromatic heterocycles. The molecule has 0 bridgehead atoms. The number of rotatable bonds is 5. The highest BCUT2D eigenvalue weighted by atomic mass is 16.5. The lowest BCUT2D eigenvalue weighted by atomic mass is 10.2. The van der Waals surface area contributed by atoms with Crippen LogP contribution in [0, 0.1) is 6.92 Å². The zero-order valence-electron chi connectivity index (χ0n) is 12.0. The summed E-state index contributed by atoms with van der Waals surface area (Å²) in [5.74, 6) is 0.165. The van der Waals surface area contributed by atoms with E-state index in [1.807, 2.05) is 45.0 Å². The van der Waals surface area contributed by atoms with E-state index in [4.69, 9.17) is 4.74 Å². The van der Waals surface area contributed by atoms with Gasteiger partial charge in [0.2, 0.25) is 5.88 Å². The van der Waals surface area contributed by atoms with Gasteiger partial charge in [-0.3, -0.25) is 9.48 Å². The molecule has 0 atom stereocenters. The van der Waals surface area contributed by atoms with E-state index in [-0.39, 0.29) is 5.91 Å². The summed E-state index contributed by atoms with van der Waals surface area (Å²) in [7, 11) is 0. The topological polar surface area (TPSA) is 56.2 Å². The molecule has 0 aliphatic carbocycles. The van der Waals surface area contributed by atoms with E-state index in [2.05, 4.69) is 10.4 Å². The van der Waals surface area contributed by atoms with Crippen molar-refractivity contribution in [2.24, 2.45) is 0 Å². The maximum atomic E-state index is 12.3. The Balaban J connectivity index is 2.22. The molecule has 0 unspecified atom stereocenters. The van der Waals surface area contributed by atoms with Crippen molar-refractivity contribution < 1.29 is 9.53 Å². The zero-order valence-corrected chi connectivity index (χ0v) is 12.0. The van der Waals surface area contributed by atoms with Gasteiger partial charge in [0, 0.05) is 18.4 Å². The van der Waals surface area contributed by atoms with Crippen molar-refractivity contribution in [3.05, 3.63) is 41.6 Å². The van der Waals surface area contributed by atoms with Crippen LogP contribution in [-0.4, -0.2) is 22.3 Å². The fourth-order valence-corrected chi connectivity index (χ4v) is 1.89. The molecule has 1 amide bonds. The van der Waals surface area contributed by atoms with Gasteiger partial charge in [0.15, 0.2) is 0 Å². The van der Waals surface area contributed by atoms with Gasteiger partial charge >= 0.3 is 0 Å². The van der Waals surface area contributed by atoms with Gasteiger partial charge in [-0.1, -0.05) is 12.1 Å². The third kappa shape index (κ3) is 3.17. The lowest BCUT2D eigenvalue weighted by molar-refractivity contribution is 0.102. The van der Waals surface area contributed by atoms with E-state index in [9.17, 15) is 4.79 Å². The zero-order chi connectivity index (χ0) is 14.5. The molecule has 0 spiro atoms. The first-order valence-electron chi connectivity index (χ1n) is 6.72. The number of nitrogens with zero attached hydrogens (tertiary/aromatic N) is 2. The number of hydrogen-bond acceptors (Lipinski definition) is 3. The van der Waals surface area contributed by atoms with Gasteiger partial charge in [-0.05, 0) is 38.5 Å². The minimum absolute atomic E-state index is 0.209. The van der Waals surface area contributed by atoms with Crippen LogP contribution in [0.25, 0.3) is 0 Å².